The first kappa shape index (κ1) is 21.3. The van der Waals surface area contributed by atoms with Gasteiger partial charge in [0.15, 0.2) is 0 Å². The summed E-state index contributed by atoms with van der Waals surface area (Å²) in [7, 11) is 3.60. The molecule has 0 bridgehead atoms. The molecule has 2 aromatic rings. The fourth-order valence-corrected chi connectivity index (χ4v) is 3.38. The van der Waals surface area contributed by atoms with Crippen molar-refractivity contribution >= 4 is 5.91 Å². The Kier molecular flexibility index (Phi) is 8.04. The third-order valence-electron chi connectivity index (χ3n) is 5.05. The summed E-state index contributed by atoms with van der Waals surface area (Å²) in [6, 6.07) is 16.4. The van der Waals surface area contributed by atoms with Crippen LogP contribution in [0.1, 0.15) is 16.7 Å². The summed E-state index contributed by atoms with van der Waals surface area (Å²) < 4.78 is 10.6. The monoisotopic (exact) mass is 397 g/mol. The van der Waals surface area contributed by atoms with Crippen LogP contribution in [0.3, 0.4) is 0 Å². The first-order chi connectivity index (χ1) is 14.1. The minimum atomic E-state index is 0.0263. The number of carbonyl (C=O) groups excluding carboxylic acids is 1. The standard InChI is InChI=1S/C23H31N3O3/c1-25(16-20-7-9-22(28-2)10-8-20)18-23(27)24-15-19-3-5-21(6-4-19)17-26-11-13-29-14-12-26/h3-10H,11-18H2,1-2H3,(H,24,27). The highest BCUT2D eigenvalue weighted by Crippen LogP contribution is 2.12. The van der Waals surface area contributed by atoms with Gasteiger partial charge in [-0.25, -0.2) is 0 Å². The third kappa shape index (κ3) is 7.16. The maximum atomic E-state index is 12.3. The van der Waals surface area contributed by atoms with Gasteiger partial charge in [0.1, 0.15) is 5.75 Å². The van der Waals surface area contributed by atoms with E-state index in [2.05, 4.69) is 34.5 Å². The van der Waals surface area contributed by atoms with Crippen LogP contribution in [0.25, 0.3) is 0 Å². The number of morpholine rings is 1. The first-order valence-corrected chi connectivity index (χ1v) is 10.1. The molecule has 2 aromatic carbocycles. The summed E-state index contributed by atoms with van der Waals surface area (Å²) in [6.07, 6.45) is 0. The largest absolute Gasteiger partial charge is 0.497 e. The van der Waals surface area contributed by atoms with E-state index in [1.807, 2.05) is 36.2 Å². The Morgan fingerprint density at radius 3 is 2.31 bits per heavy atom. The molecule has 1 N–H and O–H groups in total. The van der Waals surface area contributed by atoms with Gasteiger partial charge in [-0.05, 0) is 35.9 Å². The zero-order valence-corrected chi connectivity index (χ0v) is 17.4. The lowest BCUT2D eigenvalue weighted by atomic mass is 10.1. The molecule has 6 heteroatoms. The second-order valence-electron chi connectivity index (χ2n) is 7.50. The minimum absolute atomic E-state index is 0.0263. The van der Waals surface area contributed by atoms with Gasteiger partial charge in [-0.15, -0.1) is 0 Å². The van der Waals surface area contributed by atoms with Crippen LogP contribution in [-0.4, -0.2) is 62.7 Å². The molecule has 0 aromatic heterocycles. The van der Waals surface area contributed by atoms with Gasteiger partial charge in [0.05, 0.1) is 26.9 Å². The average molecular weight is 398 g/mol. The van der Waals surface area contributed by atoms with E-state index in [-0.39, 0.29) is 5.91 Å². The van der Waals surface area contributed by atoms with Crippen LogP contribution in [-0.2, 0) is 29.2 Å². The molecule has 3 rings (SSSR count). The molecule has 0 unspecified atom stereocenters. The average Bonchev–Trinajstić information content (AvgIpc) is 2.74. The number of hydrogen-bond donors (Lipinski definition) is 1. The molecule has 0 aliphatic carbocycles. The maximum Gasteiger partial charge on any atom is 0.234 e. The number of nitrogens with zero attached hydrogens (tertiary/aromatic N) is 2. The van der Waals surface area contributed by atoms with E-state index in [9.17, 15) is 4.79 Å². The van der Waals surface area contributed by atoms with Crippen LogP contribution >= 0.6 is 0 Å². The van der Waals surface area contributed by atoms with Crippen LogP contribution in [0.15, 0.2) is 48.5 Å². The van der Waals surface area contributed by atoms with Crippen LogP contribution in [0.2, 0.25) is 0 Å². The van der Waals surface area contributed by atoms with Gasteiger partial charge in [0.25, 0.3) is 0 Å². The Hall–Kier alpha value is -2.41. The maximum absolute atomic E-state index is 12.3. The van der Waals surface area contributed by atoms with E-state index in [1.165, 1.54) is 5.56 Å². The summed E-state index contributed by atoms with van der Waals surface area (Å²) in [4.78, 5) is 16.7. The summed E-state index contributed by atoms with van der Waals surface area (Å²) in [5.41, 5.74) is 3.56. The van der Waals surface area contributed by atoms with Gasteiger partial charge in [0, 0.05) is 32.7 Å². The molecule has 1 amide bonds. The van der Waals surface area contributed by atoms with Crippen molar-refractivity contribution in [2.45, 2.75) is 19.6 Å². The van der Waals surface area contributed by atoms with E-state index in [0.29, 0.717) is 19.6 Å². The second kappa shape index (κ2) is 11.0. The molecule has 1 aliphatic heterocycles. The lowest BCUT2D eigenvalue weighted by Crippen LogP contribution is -2.35. The van der Waals surface area contributed by atoms with Gasteiger partial charge in [-0.1, -0.05) is 36.4 Å². The Bertz CT molecular complexity index is 756. The van der Waals surface area contributed by atoms with Crippen LogP contribution < -0.4 is 10.1 Å². The zero-order chi connectivity index (χ0) is 20.5. The number of ether oxygens (including phenoxy) is 2. The molecule has 0 radical (unpaired) electrons. The van der Waals surface area contributed by atoms with E-state index >= 15 is 0 Å². The number of carbonyl (C=O) groups is 1. The zero-order valence-electron chi connectivity index (χ0n) is 17.4. The summed E-state index contributed by atoms with van der Waals surface area (Å²) in [5, 5.41) is 3.01. The molecule has 1 fully saturated rings. The molecular formula is C23H31N3O3. The summed E-state index contributed by atoms with van der Waals surface area (Å²) in [6.45, 7) is 6.19. The van der Waals surface area contributed by atoms with Gasteiger partial charge in [-0.3, -0.25) is 14.6 Å². The number of amides is 1. The van der Waals surface area contributed by atoms with Crippen molar-refractivity contribution in [3.8, 4) is 5.75 Å². The van der Waals surface area contributed by atoms with Crippen LogP contribution in [0.5, 0.6) is 5.75 Å². The topological polar surface area (TPSA) is 54.0 Å². The van der Waals surface area contributed by atoms with Gasteiger partial charge in [0.2, 0.25) is 5.91 Å². The predicted molar refractivity (Wildman–Crippen MR) is 114 cm³/mol. The number of nitrogens with one attached hydrogen (secondary N) is 1. The number of methoxy groups -OCH3 is 1. The normalized spacial score (nSPS) is 14.7. The van der Waals surface area contributed by atoms with Gasteiger partial charge in [-0.2, -0.15) is 0 Å². The molecule has 1 aliphatic rings. The number of benzene rings is 2. The molecule has 1 heterocycles. The molecule has 1 saturated heterocycles. The second-order valence-corrected chi connectivity index (χ2v) is 7.50. The molecule has 0 saturated carbocycles. The molecule has 0 atom stereocenters. The summed E-state index contributed by atoms with van der Waals surface area (Å²) in [5.74, 6) is 0.864. The van der Waals surface area contributed by atoms with E-state index in [1.54, 1.807) is 7.11 Å². The summed E-state index contributed by atoms with van der Waals surface area (Å²) >= 11 is 0. The van der Waals surface area contributed by atoms with E-state index < -0.39 is 0 Å². The highest BCUT2D eigenvalue weighted by Gasteiger charge is 2.11. The highest BCUT2D eigenvalue weighted by molar-refractivity contribution is 5.77. The Morgan fingerprint density at radius 1 is 1.03 bits per heavy atom. The van der Waals surface area contributed by atoms with Crippen LogP contribution in [0.4, 0.5) is 0 Å². The quantitative estimate of drug-likeness (QED) is 0.704. The molecule has 6 nitrogen and oxygen atoms in total. The smallest absolute Gasteiger partial charge is 0.234 e. The van der Waals surface area contributed by atoms with Crippen molar-refractivity contribution in [3.63, 3.8) is 0 Å². The predicted octanol–water partition coefficient (Wildman–Crippen LogP) is 2.28. The van der Waals surface area contributed by atoms with Gasteiger partial charge < -0.3 is 14.8 Å². The van der Waals surface area contributed by atoms with Gasteiger partial charge >= 0.3 is 0 Å². The number of rotatable bonds is 9. The SMILES string of the molecule is COc1ccc(CN(C)CC(=O)NCc2ccc(CN3CCOCC3)cc2)cc1. The Balaban J connectivity index is 1.38. The Morgan fingerprint density at radius 2 is 1.66 bits per heavy atom. The van der Waals surface area contributed by atoms with Crippen molar-refractivity contribution in [2.24, 2.45) is 0 Å². The molecular weight excluding hydrogens is 366 g/mol. The van der Waals surface area contributed by atoms with Crippen molar-refractivity contribution in [2.75, 3.05) is 47.0 Å². The Labute approximate surface area is 173 Å². The van der Waals surface area contributed by atoms with Crippen molar-refractivity contribution in [3.05, 3.63) is 65.2 Å². The molecule has 29 heavy (non-hydrogen) atoms. The number of likely N-dealkylation sites (N-methyl/N-ethyl adjacent to an activating group) is 1. The fourth-order valence-electron chi connectivity index (χ4n) is 3.38. The van der Waals surface area contributed by atoms with E-state index in [4.69, 9.17) is 9.47 Å². The fraction of sp³-hybridized carbons (Fsp3) is 0.435. The number of hydrogen-bond acceptors (Lipinski definition) is 5. The minimum Gasteiger partial charge on any atom is -0.497 e. The molecule has 0 spiro atoms. The van der Waals surface area contributed by atoms with Crippen molar-refractivity contribution in [1.29, 1.82) is 0 Å². The molecule has 156 valence electrons. The van der Waals surface area contributed by atoms with Crippen molar-refractivity contribution < 1.29 is 14.3 Å². The third-order valence-corrected chi connectivity index (χ3v) is 5.05. The lowest BCUT2D eigenvalue weighted by Gasteiger charge is -2.26. The van der Waals surface area contributed by atoms with Crippen molar-refractivity contribution in [1.82, 2.24) is 15.1 Å². The first-order valence-electron chi connectivity index (χ1n) is 10.1. The highest BCUT2D eigenvalue weighted by atomic mass is 16.5. The van der Waals surface area contributed by atoms with Crippen LogP contribution in [0, 0.1) is 0 Å². The van der Waals surface area contributed by atoms with E-state index in [0.717, 1.165) is 49.7 Å². The lowest BCUT2D eigenvalue weighted by molar-refractivity contribution is -0.122.